The normalized spacial score (nSPS) is 31.6. The highest BCUT2D eigenvalue weighted by molar-refractivity contribution is 5.08. The van der Waals surface area contributed by atoms with E-state index in [2.05, 4.69) is 44.1 Å². The predicted molar refractivity (Wildman–Crippen MR) is 83.4 cm³/mol. The van der Waals surface area contributed by atoms with Crippen molar-refractivity contribution in [2.24, 2.45) is 5.92 Å². The summed E-state index contributed by atoms with van der Waals surface area (Å²) in [5, 5.41) is 13.0. The van der Waals surface area contributed by atoms with Gasteiger partial charge in [-0.2, -0.15) is 5.26 Å². The van der Waals surface area contributed by atoms with Gasteiger partial charge in [-0.05, 0) is 71.8 Å². The second kappa shape index (κ2) is 6.45. The molecule has 2 atom stereocenters. The second-order valence-corrected chi connectivity index (χ2v) is 7.49. The molecule has 2 unspecified atom stereocenters. The lowest BCUT2D eigenvalue weighted by atomic mass is 9.85. The summed E-state index contributed by atoms with van der Waals surface area (Å²) in [5.41, 5.74) is -0.364. The Hall–Kier alpha value is -0.590. The van der Waals surface area contributed by atoms with E-state index in [0.29, 0.717) is 18.1 Å². The van der Waals surface area contributed by atoms with E-state index in [1.165, 1.54) is 38.5 Å². The number of rotatable bonds is 6. The van der Waals surface area contributed by atoms with E-state index >= 15 is 0 Å². The monoisotopic (exact) mass is 277 g/mol. The first-order chi connectivity index (χ1) is 9.43. The van der Waals surface area contributed by atoms with Gasteiger partial charge in [0.25, 0.3) is 0 Å². The third-order valence-corrected chi connectivity index (χ3v) is 5.31. The van der Waals surface area contributed by atoms with Gasteiger partial charge in [0.1, 0.15) is 5.54 Å². The topological polar surface area (TPSA) is 39.1 Å². The molecule has 2 fully saturated rings. The molecule has 0 aromatic heterocycles. The van der Waals surface area contributed by atoms with Gasteiger partial charge in [0.2, 0.25) is 0 Å². The molecule has 0 bridgehead atoms. The summed E-state index contributed by atoms with van der Waals surface area (Å²) in [6.45, 7) is 6.72. The SMILES string of the molecule is CC1CCC(N(C)C(C)CC(C)(C#N)NC2CC2)CC1. The van der Waals surface area contributed by atoms with E-state index in [-0.39, 0.29) is 5.54 Å². The minimum Gasteiger partial charge on any atom is -0.301 e. The molecule has 0 aromatic rings. The van der Waals surface area contributed by atoms with Crippen molar-refractivity contribution < 1.29 is 0 Å². The summed E-state index contributed by atoms with van der Waals surface area (Å²) in [5.74, 6) is 0.899. The summed E-state index contributed by atoms with van der Waals surface area (Å²) in [6, 6.07) is 4.27. The molecule has 2 saturated carbocycles. The Bertz CT molecular complexity index is 350. The Labute approximate surface area is 124 Å². The number of hydrogen-bond acceptors (Lipinski definition) is 3. The van der Waals surface area contributed by atoms with Crippen molar-refractivity contribution in [1.29, 1.82) is 5.26 Å². The number of hydrogen-bond donors (Lipinski definition) is 1. The molecule has 0 aliphatic heterocycles. The molecule has 0 heterocycles. The van der Waals surface area contributed by atoms with Crippen LogP contribution in [0.25, 0.3) is 0 Å². The molecular formula is C17H31N3. The first kappa shape index (κ1) is 15.8. The van der Waals surface area contributed by atoms with Gasteiger partial charge in [0, 0.05) is 18.1 Å². The minimum atomic E-state index is -0.364. The van der Waals surface area contributed by atoms with Crippen LogP contribution < -0.4 is 5.32 Å². The molecule has 0 spiro atoms. The van der Waals surface area contributed by atoms with Gasteiger partial charge >= 0.3 is 0 Å². The van der Waals surface area contributed by atoms with Crippen LogP contribution in [0.2, 0.25) is 0 Å². The quantitative estimate of drug-likeness (QED) is 0.809. The molecule has 2 rings (SSSR count). The molecule has 114 valence electrons. The number of nitrogens with zero attached hydrogens (tertiary/aromatic N) is 2. The van der Waals surface area contributed by atoms with E-state index in [9.17, 15) is 5.26 Å². The minimum absolute atomic E-state index is 0.364. The maximum atomic E-state index is 9.51. The van der Waals surface area contributed by atoms with E-state index in [0.717, 1.165) is 12.3 Å². The van der Waals surface area contributed by atoms with Gasteiger partial charge in [-0.15, -0.1) is 0 Å². The van der Waals surface area contributed by atoms with Crippen molar-refractivity contribution in [3.8, 4) is 6.07 Å². The Morgan fingerprint density at radius 1 is 1.25 bits per heavy atom. The van der Waals surface area contributed by atoms with Crippen LogP contribution in [-0.2, 0) is 0 Å². The summed E-state index contributed by atoms with van der Waals surface area (Å²) >= 11 is 0. The third kappa shape index (κ3) is 4.20. The third-order valence-electron chi connectivity index (χ3n) is 5.31. The van der Waals surface area contributed by atoms with Crippen LogP contribution in [-0.4, -0.2) is 35.6 Å². The molecule has 20 heavy (non-hydrogen) atoms. The molecule has 3 nitrogen and oxygen atoms in total. The van der Waals surface area contributed by atoms with Gasteiger partial charge in [-0.3, -0.25) is 5.32 Å². The summed E-state index contributed by atoms with van der Waals surface area (Å²) < 4.78 is 0. The highest BCUT2D eigenvalue weighted by Gasteiger charge is 2.35. The van der Waals surface area contributed by atoms with Crippen LogP contribution in [0, 0.1) is 17.2 Å². The predicted octanol–water partition coefficient (Wildman–Crippen LogP) is 3.31. The van der Waals surface area contributed by atoms with E-state index < -0.39 is 0 Å². The molecule has 3 heteroatoms. The fourth-order valence-corrected chi connectivity index (χ4v) is 3.56. The lowest BCUT2D eigenvalue weighted by Crippen LogP contribution is -2.49. The van der Waals surface area contributed by atoms with Crippen molar-refractivity contribution in [1.82, 2.24) is 10.2 Å². The zero-order chi connectivity index (χ0) is 14.8. The highest BCUT2D eigenvalue weighted by Crippen LogP contribution is 2.30. The van der Waals surface area contributed by atoms with Crippen molar-refractivity contribution >= 4 is 0 Å². The molecule has 0 radical (unpaired) electrons. The zero-order valence-electron chi connectivity index (χ0n) is 13.7. The first-order valence-electron chi connectivity index (χ1n) is 8.34. The van der Waals surface area contributed by atoms with Crippen LogP contribution in [0.4, 0.5) is 0 Å². The van der Waals surface area contributed by atoms with Crippen molar-refractivity contribution in [3.05, 3.63) is 0 Å². The van der Waals surface area contributed by atoms with Crippen LogP contribution >= 0.6 is 0 Å². The average molecular weight is 277 g/mol. The largest absolute Gasteiger partial charge is 0.301 e. The van der Waals surface area contributed by atoms with Crippen LogP contribution in [0.1, 0.15) is 65.7 Å². The van der Waals surface area contributed by atoms with E-state index in [1.807, 2.05) is 0 Å². The van der Waals surface area contributed by atoms with Crippen LogP contribution in [0.3, 0.4) is 0 Å². The fraction of sp³-hybridized carbons (Fsp3) is 0.941. The van der Waals surface area contributed by atoms with E-state index in [4.69, 9.17) is 0 Å². The Kier molecular flexibility index (Phi) is 5.09. The molecule has 0 amide bonds. The fourth-order valence-electron chi connectivity index (χ4n) is 3.56. The lowest BCUT2D eigenvalue weighted by Gasteiger charge is -2.39. The molecule has 1 N–H and O–H groups in total. The van der Waals surface area contributed by atoms with Crippen molar-refractivity contribution in [2.75, 3.05) is 7.05 Å². The summed E-state index contributed by atoms with van der Waals surface area (Å²) in [4.78, 5) is 2.52. The van der Waals surface area contributed by atoms with Crippen molar-refractivity contribution in [2.45, 2.75) is 89.4 Å². The first-order valence-corrected chi connectivity index (χ1v) is 8.34. The van der Waals surface area contributed by atoms with Gasteiger partial charge in [-0.25, -0.2) is 0 Å². The van der Waals surface area contributed by atoms with E-state index in [1.54, 1.807) is 0 Å². The smallest absolute Gasteiger partial charge is 0.105 e. The Morgan fingerprint density at radius 3 is 2.35 bits per heavy atom. The standard InChI is InChI=1S/C17H31N3/c1-13-5-9-16(10-6-13)20(4)14(2)11-17(3,12-18)19-15-7-8-15/h13-16,19H,5-11H2,1-4H3. The van der Waals surface area contributed by atoms with Gasteiger partial charge < -0.3 is 4.90 Å². The maximum Gasteiger partial charge on any atom is 0.105 e. The highest BCUT2D eigenvalue weighted by atomic mass is 15.2. The van der Waals surface area contributed by atoms with Crippen LogP contribution in [0.15, 0.2) is 0 Å². The van der Waals surface area contributed by atoms with Gasteiger partial charge in [-0.1, -0.05) is 6.92 Å². The average Bonchev–Trinajstić information content (AvgIpc) is 3.22. The van der Waals surface area contributed by atoms with Gasteiger partial charge in [0.15, 0.2) is 0 Å². The second-order valence-electron chi connectivity index (χ2n) is 7.49. The zero-order valence-corrected chi connectivity index (χ0v) is 13.7. The van der Waals surface area contributed by atoms with Crippen molar-refractivity contribution in [3.63, 3.8) is 0 Å². The summed E-state index contributed by atoms with van der Waals surface area (Å²) in [7, 11) is 2.25. The molecule has 2 aliphatic carbocycles. The maximum absolute atomic E-state index is 9.51. The Balaban J connectivity index is 1.85. The Morgan fingerprint density at radius 2 is 1.85 bits per heavy atom. The van der Waals surface area contributed by atoms with Gasteiger partial charge in [0.05, 0.1) is 6.07 Å². The summed E-state index contributed by atoms with van der Waals surface area (Å²) in [6.07, 6.45) is 8.75. The van der Waals surface area contributed by atoms with Crippen LogP contribution in [0.5, 0.6) is 0 Å². The molecular weight excluding hydrogens is 246 g/mol. The lowest BCUT2D eigenvalue weighted by molar-refractivity contribution is 0.114. The number of nitriles is 1. The number of nitrogens with one attached hydrogen (secondary N) is 1. The molecule has 0 saturated heterocycles. The molecule has 0 aromatic carbocycles. The molecule has 2 aliphatic rings.